The van der Waals surface area contributed by atoms with Gasteiger partial charge in [-0.25, -0.2) is 0 Å². The molecule has 0 spiro atoms. The molecule has 1 aromatic carbocycles. The Labute approximate surface area is 114 Å². The largest absolute Gasteiger partial charge is 0.392 e. The molecule has 2 rings (SSSR count). The SMILES string of the molecule is OC1CCCN(CCCSCc2ccccc2)C1. The number of β-amino-alcohol motifs (C(OH)–C–C–N with tert-alkyl or cyclic N) is 1. The van der Waals surface area contributed by atoms with Crippen LogP contribution in [0.1, 0.15) is 24.8 Å². The maximum absolute atomic E-state index is 9.58. The molecule has 1 saturated heterocycles. The van der Waals surface area contributed by atoms with Crippen LogP contribution in [-0.4, -0.2) is 41.5 Å². The Balaban J connectivity index is 1.53. The first-order chi connectivity index (χ1) is 8.84. The summed E-state index contributed by atoms with van der Waals surface area (Å²) in [5.41, 5.74) is 1.41. The van der Waals surface area contributed by atoms with E-state index in [1.165, 1.54) is 24.3 Å². The lowest BCUT2D eigenvalue weighted by atomic mass is 10.1. The second kappa shape index (κ2) is 7.82. The summed E-state index contributed by atoms with van der Waals surface area (Å²) in [7, 11) is 0. The fourth-order valence-electron chi connectivity index (χ4n) is 2.39. The van der Waals surface area contributed by atoms with E-state index in [2.05, 4.69) is 35.2 Å². The van der Waals surface area contributed by atoms with Gasteiger partial charge >= 0.3 is 0 Å². The Morgan fingerprint density at radius 1 is 1.28 bits per heavy atom. The molecule has 1 aliphatic heterocycles. The monoisotopic (exact) mass is 265 g/mol. The molecule has 1 heterocycles. The summed E-state index contributed by atoms with van der Waals surface area (Å²) in [4.78, 5) is 2.40. The number of hydrogen-bond acceptors (Lipinski definition) is 3. The average Bonchev–Trinajstić information content (AvgIpc) is 2.40. The van der Waals surface area contributed by atoms with Gasteiger partial charge in [0.15, 0.2) is 0 Å². The summed E-state index contributed by atoms with van der Waals surface area (Å²) in [5.74, 6) is 2.32. The van der Waals surface area contributed by atoms with Crippen LogP contribution in [-0.2, 0) is 5.75 Å². The number of aliphatic hydroxyl groups excluding tert-OH is 1. The number of hydrogen-bond donors (Lipinski definition) is 1. The zero-order valence-corrected chi connectivity index (χ0v) is 11.7. The Kier molecular flexibility index (Phi) is 6.05. The molecular formula is C15H23NOS. The van der Waals surface area contributed by atoms with Crippen molar-refractivity contribution < 1.29 is 5.11 Å². The summed E-state index contributed by atoms with van der Waals surface area (Å²) >= 11 is 2.01. The minimum atomic E-state index is -0.0873. The van der Waals surface area contributed by atoms with E-state index in [1.807, 2.05) is 11.8 Å². The number of aliphatic hydroxyl groups is 1. The summed E-state index contributed by atoms with van der Waals surface area (Å²) < 4.78 is 0. The second-order valence-electron chi connectivity index (χ2n) is 4.99. The van der Waals surface area contributed by atoms with E-state index >= 15 is 0 Å². The van der Waals surface area contributed by atoms with Gasteiger partial charge in [0.05, 0.1) is 6.10 Å². The van der Waals surface area contributed by atoms with Gasteiger partial charge in [-0.15, -0.1) is 0 Å². The smallest absolute Gasteiger partial charge is 0.0667 e. The zero-order valence-electron chi connectivity index (χ0n) is 10.9. The van der Waals surface area contributed by atoms with E-state index in [-0.39, 0.29) is 6.10 Å². The Morgan fingerprint density at radius 2 is 2.11 bits per heavy atom. The number of likely N-dealkylation sites (tertiary alicyclic amines) is 1. The van der Waals surface area contributed by atoms with Crippen molar-refractivity contribution in [2.24, 2.45) is 0 Å². The zero-order chi connectivity index (χ0) is 12.6. The van der Waals surface area contributed by atoms with Gasteiger partial charge in [-0.3, -0.25) is 0 Å². The summed E-state index contributed by atoms with van der Waals surface area (Å²) in [5, 5.41) is 9.58. The van der Waals surface area contributed by atoms with Crippen molar-refractivity contribution >= 4 is 11.8 Å². The van der Waals surface area contributed by atoms with E-state index in [1.54, 1.807) is 0 Å². The molecule has 1 N–H and O–H groups in total. The molecule has 0 amide bonds. The number of piperidine rings is 1. The van der Waals surface area contributed by atoms with Gasteiger partial charge in [0, 0.05) is 12.3 Å². The van der Waals surface area contributed by atoms with Gasteiger partial charge in [0.2, 0.25) is 0 Å². The topological polar surface area (TPSA) is 23.5 Å². The van der Waals surface area contributed by atoms with E-state index in [4.69, 9.17) is 0 Å². The van der Waals surface area contributed by atoms with E-state index in [0.29, 0.717) is 0 Å². The van der Waals surface area contributed by atoms with Crippen LogP contribution >= 0.6 is 11.8 Å². The molecule has 100 valence electrons. The maximum Gasteiger partial charge on any atom is 0.0667 e. The lowest BCUT2D eigenvalue weighted by molar-refractivity contribution is 0.0710. The van der Waals surface area contributed by atoms with Crippen molar-refractivity contribution in [2.45, 2.75) is 31.1 Å². The fourth-order valence-corrected chi connectivity index (χ4v) is 3.29. The molecule has 0 aliphatic carbocycles. The minimum Gasteiger partial charge on any atom is -0.392 e. The van der Waals surface area contributed by atoms with Crippen LogP contribution in [0, 0.1) is 0 Å². The van der Waals surface area contributed by atoms with Crippen LogP contribution in [0.4, 0.5) is 0 Å². The molecule has 1 aromatic rings. The first-order valence-electron chi connectivity index (χ1n) is 6.86. The quantitative estimate of drug-likeness (QED) is 0.800. The van der Waals surface area contributed by atoms with E-state index in [0.717, 1.165) is 31.7 Å². The van der Waals surface area contributed by atoms with Crippen molar-refractivity contribution in [3.05, 3.63) is 35.9 Å². The standard InChI is InChI=1S/C15H23NOS/c17-15-8-4-9-16(12-15)10-5-11-18-13-14-6-2-1-3-7-14/h1-3,6-7,15,17H,4-5,8-13H2. The second-order valence-corrected chi connectivity index (χ2v) is 6.09. The van der Waals surface area contributed by atoms with Crippen molar-refractivity contribution in [1.82, 2.24) is 4.90 Å². The molecule has 18 heavy (non-hydrogen) atoms. The molecule has 0 saturated carbocycles. The molecule has 1 unspecified atom stereocenters. The Bertz CT molecular complexity index is 331. The molecular weight excluding hydrogens is 242 g/mol. The summed E-state index contributed by atoms with van der Waals surface area (Å²) in [6.07, 6.45) is 3.28. The highest BCUT2D eigenvalue weighted by atomic mass is 32.2. The average molecular weight is 265 g/mol. The predicted molar refractivity (Wildman–Crippen MR) is 78.9 cm³/mol. The van der Waals surface area contributed by atoms with Gasteiger partial charge in [-0.1, -0.05) is 30.3 Å². The molecule has 1 atom stereocenters. The highest BCUT2D eigenvalue weighted by Crippen LogP contribution is 2.14. The minimum absolute atomic E-state index is 0.0873. The first-order valence-corrected chi connectivity index (χ1v) is 8.02. The van der Waals surface area contributed by atoms with E-state index in [9.17, 15) is 5.11 Å². The molecule has 3 heteroatoms. The highest BCUT2D eigenvalue weighted by molar-refractivity contribution is 7.98. The molecule has 1 fully saturated rings. The summed E-state index contributed by atoms with van der Waals surface area (Å²) in [6, 6.07) is 10.6. The normalized spacial score (nSPS) is 21.1. The molecule has 0 radical (unpaired) electrons. The van der Waals surface area contributed by atoms with Gasteiger partial charge < -0.3 is 10.0 Å². The number of nitrogens with zero attached hydrogens (tertiary/aromatic N) is 1. The molecule has 0 bridgehead atoms. The lowest BCUT2D eigenvalue weighted by Gasteiger charge is -2.29. The van der Waals surface area contributed by atoms with Gasteiger partial charge in [-0.05, 0) is 43.7 Å². The third kappa shape index (κ3) is 5.01. The first kappa shape index (κ1) is 13.9. The van der Waals surface area contributed by atoms with Gasteiger partial charge in [0.25, 0.3) is 0 Å². The van der Waals surface area contributed by atoms with Crippen molar-refractivity contribution in [1.29, 1.82) is 0 Å². The van der Waals surface area contributed by atoms with Gasteiger partial charge in [0.1, 0.15) is 0 Å². The van der Waals surface area contributed by atoms with E-state index < -0.39 is 0 Å². The number of rotatable bonds is 6. The lowest BCUT2D eigenvalue weighted by Crippen LogP contribution is -2.38. The highest BCUT2D eigenvalue weighted by Gasteiger charge is 2.16. The van der Waals surface area contributed by atoms with Crippen molar-refractivity contribution in [2.75, 3.05) is 25.4 Å². The predicted octanol–water partition coefficient (Wildman–Crippen LogP) is 2.77. The molecule has 2 nitrogen and oxygen atoms in total. The molecule has 1 aliphatic rings. The maximum atomic E-state index is 9.58. The third-order valence-corrected chi connectivity index (χ3v) is 4.47. The number of benzene rings is 1. The third-order valence-electron chi connectivity index (χ3n) is 3.36. The fraction of sp³-hybridized carbons (Fsp3) is 0.600. The Hall–Kier alpha value is -0.510. The van der Waals surface area contributed by atoms with Crippen LogP contribution in [0.5, 0.6) is 0 Å². The van der Waals surface area contributed by atoms with Crippen molar-refractivity contribution in [3.63, 3.8) is 0 Å². The van der Waals surface area contributed by atoms with Crippen LogP contribution in [0.15, 0.2) is 30.3 Å². The van der Waals surface area contributed by atoms with Gasteiger partial charge in [-0.2, -0.15) is 11.8 Å². The van der Waals surface area contributed by atoms with Crippen LogP contribution in [0.25, 0.3) is 0 Å². The molecule has 0 aromatic heterocycles. The Morgan fingerprint density at radius 3 is 2.89 bits per heavy atom. The van der Waals surface area contributed by atoms with Crippen LogP contribution in [0.3, 0.4) is 0 Å². The van der Waals surface area contributed by atoms with Crippen molar-refractivity contribution in [3.8, 4) is 0 Å². The van der Waals surface area contributed by atoms with Crippen LogP contribution in [0.2, 0.25) is 0 Å². The number of thioether (sulfide) groups is 1. The summed E-state index contributed by atoms with van der Waals surface area (Å²) in [6.45, 7) is 3.18. The van der Waals surface area contributed by atoms with Crippen LogP contribution < -0.4 is 0 Å².